The van der Waals surface area contributed by atoms with E-state index in [-0.39, 0.29) is 38.3 Å². The fourth-order valence-electron chi connectivity index (χ4n) is 1.35. The molecule has 1 N–H and O–H groups in total. The van der Waals surface area contributed by atoms with Crippen LogP contribution in [0.3, 0.4) is 0 Å². The molecule has 0 aliphatic carbocycles. The molecule has 0 aromatic heterocycles. The van der Waals surface area contributed by atoms with E-state index in [1.54, 1.807) is 0 Å². The van der Waals surface area contributed by atoms with Crippen LogP contribution in [-0.4, -0.2) is 49.5 Å². The summed E-state index contributed by atoms with van der Waals surface area (Å²) in [6.07, 6.45) is -0.337. The van der Waals surface area contributed by atoms with Crippen molar-refractivity contribution < 1.29 is 17.9 Å². The molecule has 1 aliphatic heterocycles. The van der Waals surface area contributed by atoms with Crippen LogP contribution in [-0.2, 0) is 10.0 Å². The molecule has 0 unspecified atom stereocenters. The predicted octanol–water partition coefficient (Wildman–Crippen LogP) is -0.258. The van der Waals surface area contributed by atoms with Gasteiger partial charge in [-0.1, -0.05) is 0 Å². The molecule has 0 bridgehead atoms. The molecule has 0 aromatic carbocycles. The summed E-state index contributed by atoms with van der Waals surface area (Å²) in [7, 11) is -3.34. The number of alkyl halides is 1. The van der Waals surface area contributed by atoms with Crippen molar-refractivity contribution in [2.45, 2.75) is 19.0 Å². The van der Waals surface area contributed by atoms with Gasteiger partial charge < -0.3 is 5.11 Å². The highest BCUT2D eigenvalue weighted by Crippen LogP contribution is 2.16. The van der Waals surface area contributed by atoms with E-state index in [1.165, 1.54) is 4.31 Å². The summed E-state index contributed by atoms with van der Waals surface area (Å²) in [4.78, 5) is 0. The van der Waals surface area contributed by atoms with Gasteiger partial charge in [-0.05, 0) is 12.8 Å². The zero-order valence-electron chi connectivity index (χ0n) is 7.32. The molecule has 4 nitrogen and oxygen atoms in total. The fraction of sp³-hybridized carbons (Fsp3) is 1.00. The Kier molecular flexibility index (Phi) is 3.63. The van der Waals surface area contributed by atoms with Gasteiger partial charge in [-0.2, -0.15) is 0 Å². The van der Waals surface area contributed by atoms with Crippen molar-refractivity contribution in [3.63, 3.8) is 0 Å². The Morgan fingerprint density at radius 1 is 1.38 bits per heavy atom. The number of aliphatic hydroxyl groups is 1. The van der Waals surface area contributed by atoms with Crippen LogP contribution in [0.5, 0.6) is 0 Å². The number of halogens is 1. The van der Waals surface area contributed by atoms with Gasteiger partial charge in [-0.15, -0.1) is 0 Å². The molecule has 78 valence electrons. The van der Waals surface area contributed by atoms with Crippen molar-refractivity contribution in [2.75, 3.05) is 25.4 Å². The fourth-order valence-corrected chi connectivity index (χ4v) is 2.60. The monoisotopic (exact) mass is 211 g/mol. The third-order valence-electron chi connectivity index (χ3n) is 2.13. The average Bonchev–Trinajstić information content (AvgIpc) is 2.05. The molecule has 1 aliphatic rings. The number of sulfonamides is 1. The Morgan fingerprint density at radius 2 is 1.92 bits per heavy atom. The van der Waals surface area contributed by atoms with Crippen molar-refractivity contribution in [3.05, 3.63) is 0 Å². The highest BCUT2D eigenvalue weighted by Gasteiger charge is 2.26. The molecule has 1 rings (SSSR count). The zero-order chi connectivity index (χ0) is 9.90. The highest BCUT2D eigenvalue weighted by atomic mass is 32.2. The number of hydrogen-bond acceptors (Lipinski definition) is 3. The Hall–Kier alpha value is -0.200. The Morgan fingerprint density at radius 3 is 2.38 bits per heavy atom. The minimum absolute atomic E-state index is 0.240. The van der Waals surface area contributed by atoms with Crippen LogP contribution in [0.4, 0.5) is 4.39 Å². The number of hydrogen-bond donors (Lipinski definition) is 1. The maximum atomic E-state index is 12.7. The zero-order valence-corrected chi connectivity index (χ0v) is 8.13. The molecule has 1 heterocycles. The van der Waals surface area contributed by atoms with Gasteiger partial charge in [-0.3, -0.25) is 0 Å². The quantitative estimate of drug-likeness (QED) is 0.700. The summed E-state index contributed by atoms with van der Waals surface area (Å²) in [5.41, 5.74) is 0. The second-order valence-electron chi connectivity index (χ2n) is 3.11. The lowest BCUT2D eigenvalue weighted by Gasteiger charge is -2.27. The smallest absolute Gasteiger partial charge is 0.216 e. The van der Waals surface area contributed by atoms with E-state index >= 15 is 0 Å². The SMILES string of the molecule is O=S(=O)(CCO)N1CCC(F)CC1. The molecular formula is C7H14FNO3S. The highest BCUT2D eigenvalue weighted by molar-refractivity contribution is 7.89. The number of nitrogens with zero attached hydrogens (tertiary/aromatic N) is 1. The van der Waals surface area contributed by atoms with E-state index in [4.69, 9.17) is 5.11 Å². The summed E-state index contributed by atoms with van der Waals surface area (Å²) >= 11 is 0. The summed E-state index contributed by atoms with van der Waals surface area (Å²) in [5.74, 6) is -0.260. The first kappa shape index (κ1) is 10.9. The van der Waals surface area contributed by atoms with Gasteiger partial charge in [-0.25, -0.2) is 17.1 Å². The Balaban J connectivity index is 2.53. The molecule has 1 saturated heterocycles. The van der Waals surface area contributed by atoms with Crippen molar-refractivity contribution in [1.29, 1.82) is 0 Å². The first-order valence-electron chi connectivity index (χ1n) is 4.29. The predicted molar refractivity (Wildman–Crippen MR) is 46.6 cm³/mol. The lowest BCUT2D eigenvalue weighted by atomic mass is 10.1. The second kappa shape index (κ2) is 4.34. The molecule has 0 spiro atoms. The largest absolute Gasteiger partial charge is 0.395 e. The van der Waals surface area contributed by atoms with E-state index < -0.39 is 16.2 Å². The standard InChI is InChI=1S/C7H14FNO3S/c8-7-1-3-9(4-2-7)13(11,12)6-5-10/h7,10H,1-6H2. The number of piperidine rings is 1. The molecule has 0 radical (unpaired) electrons. The van der Waals surface area contributed by atoms with Crippen LogP contribution in [0, 0.1) is 0 Å². The van der Waals surface area contributed by atoms with Gasteiger partial charge in [0.1, 0.15) is 6.17 Å². The molecule has 6 heteroatoms. The number of rotatable bonds is 3. The molecule has 0 atom stereocenters. The van der Waals surface area contributed by atoms with Gasteiger partial charge in [0.2, 0.25) is 10.0 Å². The van der Waals surface area contributed by atoms with Crippen molar-refractivity contribution in [3.8, 4) is 0 Å². The average molecular weight is 211 g/mol. The summed E-state index contributed by atoms with van der Waals surface area (Å²) < 4.78 is 36.6. The van der Waals surface area contributed by atoms with Crippen molar-refractivity contribution in [2.24, 2.45) is 0 Å². The van der Waals surface area contributed by atoms with Crippen LogP contribution in [0.15, 0.2) is 0 Å². The van der Waals surface area contributed by atoms with Crippen LogP contribution in [0.25, 0.3) is 0 Å². The van der Waals surface area contributed by atoms with Crippen molar-refractivity contribution in [1.82, 2.24) is 4.31 Å². The number of aliphatic hydroxyl groups excluding tert-OH is 1. The first-order valence-corrected chi connectivity index (χ1v) is 5.90. The van der Waals surface area contributed by atoms with E-state index in [9.17, 15) is 12.8 Å². The third kappa shape index (κ3) is 2.89. The molecule has 0 aromatic rings. The van der Waals surface area contributed by atoms with Crippen LogP contribution < -0.4 is 0 Å². The van der Waals surface area contributed by atoms with Gasteiger partial charge in [0.25, 0.3) is 0 Å². The van der Waals surface area contributed by atoms with E-state index in [2.05, 4.69) is 0 Å². The summed E-state index contributed by atoms with van der Waals surface area (Å²) in [6.45, 7) is 0.102. The molecule has 13 heavy (non-hydrogen) atoms. The molecular weight excluding hydrogens is 197 g/mol. The maximum Gasteiger partial charge on any atom is 0.216 e. The summed E-state index contributed by atoms with van der Waals surface area (Å²) in [5, 5.41) is 8.50. The van der Waals surface area contributed by atoms with E-state index in [1.807, 2.05) is 0 Å². The van der Waals surface area contributed by atoms with Crippen molar-refractivity contribution >= 4 is 10.0 Å². The molecule has 1 fully saturated rings. The Labute approximate surface area is 77.4 Å². The lowest BCUT2D eigenvalue weighted by Crippen LogP contribution is -2.40. The molecule has 0 saturated carbocycles. The third-order valence-corrected chi connectivity index (χ3v) is 3.98. The van der Waals surface area contributed by atoms with Gasteiger partial charge in [0.05, 0.1) is 12.4 Å². The van der Waals surface area contributed by atoms with E-state index in [0.29, 0.717) is 0 Å². The summed E-state index contributed by atoms with van der Waals surface area (Å²) in [6, 6.07) is 0. The minimum Gasteiger partial charge on any atom is -0.395 e. The van der Waals surface area contributed by atoms with Crippen LogP contribution in [0.1, 0.15) is 12.8 Å². The molecule has 0 amide bonds. The van der Waals surface area contributed by atoms with Crippen LogP contribution >= 0.6 is 0 Å². The van der Waals surface area contributed by atoms with E-state index in [0.717, 1.165) is 0 Å². The topological polar surface area (TPSA) is 57.6 Å². The first-order chi connectivity index (χ1) is 6.06. The van der Waals surface area contributed by atoms with Gasteiger partial charge in [0, 0.05) is 13.1 Å². The second-order valence-corrected chi connectivity index (χ2v) is 5.20. The lowest BCUT2D eigenvalue weighted by molar-refractivity contribution is 0.209. The Bertz CT molecular complexity index is 246. The van der Waals surface area contributed by atoms with Gasteiger partial charge >= 0.3 is 0 Å². The maximum absolute atomic E-state index is 12.7. The normalized spacial score (nSPS) is 22.0. The van der Waals surface area contributed by atoms with Gasteiger partial charge in [0.15, 0.2) is 0 Å². The minimum atomic E-state index is -3.34. The van der Waals surface area contributed by atoms with Crippen LogP contribution in [0.2, 0.25) is 0 Å².